The molecule has 1 aromatic rings. The SMILES string of the molecule is CC(C)(C)NC(=O)CNC(=NCc1ccc([N+](=O)[O-])cc1)NC1CC2CCC1C2.I. The predicted octanol–water partition coefficient (Wildman–Crippen LogP) is 3.35. The van der Waals surface area contributed by atoms with Crippen LogP contribution >= 0.6 is 24.0 Å². The number of nitrogens with one attached hydrogen (secondary N) is 3. The number of rotatable bonds is 6. The van der Waals surface area contributed by atoms with Crippen LogP contribution < -0.4 is 16.0 Å². The molecule has 8 nitrogen and oxygen atoms in total. The van der Waals surface area contributed by atoms with Crippen molar-refractivity contribution in [2.75, 3.05) is 6.54 Å². The van der Waals surface area contributed by atoms with Crippen molar-refractivity contribution in [2.24, 2.45) is 16.8 Å². The summed E-state index contributed by atoms with van der Waals surface area (Å²) < 4.78 is 0. The first-order valence-corrected chi connectivity index (χ1v) is 10.3. The van der Waals surface area contributed by atoms with Crippen molar-refractivity contribution >= 4 is 41.5 Å². The lowest BCUT2D eigenvalue weighted by Gasteiger charge is -2.26. The maximum absolute atomic E-state index is 12.2. The zero-order valence-electron chi connectivity index (χ0n) is 17.8. The van der Waals surface area contributed by atoms with Crippen molar-refractivity contribution in [3.05, 3.63) is 39.9 Å². The van der Waals surface area contributed by atoms with E-state index in [4.69, 9.17) is 0 Å². The van der Waals surface area contributed by atoms with Crippen LogP contribution in [-0.2, 0) is 11.3 Å². The van der Waals surface area contributed by atoms with Crippen molar-refractivity contribution in [1.82, 2.24) is 16.0 Å². The van der Waals surface area contributed by atoms with E-state index < -0.39 is 4.92 Å². The van der Waals surface area contributed by atoms with Crippen molar-refractivity contribution in [3.63, 3.8) is 0 Å². The molecule has 0 spiro atoms. The number of nitro groups is 1. The lowest BCUT2D eigenvalue weighted by molar-refractivity contribution is -0.384. The number of benzene rings is 1. The molecule has 0 aliphatic heterocycles. The zero-order valence-corrected chi connectivity index (χ0v) is 20.1. The number of carbonyl (C=O) groups excluding carboxylic acids is 1. The summed E-state index contributed by atoms with van der Waals surface area (Å²) in [6.45, 7) is 6.37. The van der Waals surface area contributed by atoms with Crippen LogP contribution in [-0.4, -0.2) is 34.9 Å². The minimum absolute atomic E-state index is 0. The quantitative estimate of drug-likeness (QED) is 0.172. The minimum atomic E-state index is -0.412. The highest BCUT2D eigenvalue weighted by atomic mass is 127. The van der Waals surface area contributed by atoms with E-state index in [2.05, 4.69) is 20.9 Å². The molecule has 2 aliphatic carbocycles. The summed E-state index contributed by atoms with van der Waals surface area (Å²) in [7, 11) is 0. The molecule has 2 aliphatic rings. The highest BCUT2D eigenvalue weighted by Crippen LogP contribution is 2.44. The van der Waals surface area contributed by atoms with Gasteiger partial charge in [0.05, 0.1) is 18.0 Å². The molecule has 2 fully saturated rings. The Morgan fingerprint density at radius 1 is 1.20 bits per heavy atom. The van der Waals surface area contributed by atoms with Crippen molar-refractivity contribution < 1.29 is 9.72 Å². The Morgan fingerprint density at radius 3 is 2.43 bits per heavy atom. The molecule has 0 aromatic heterocycles. The van der Waals surface area contributed by atoms with Crippen LogP contribution in [0.25, 0.3) is 0 Å². The van der Waals surface area contributed by atoms with E-state index in [1.165, 1.54) is 31.4 Å². The zero-order chi connectivity index (χ0) is 21.0. The maximum atomic E-state index is 12.2. The molecule has 9 heteroatoms. The molecule has 1 aromatic carbocycles. The molecule has 3 N–H and O–H groups in total. The standard InChI is InChI=1S/C21H31N5O3.HI/c1-21(2,3)25-19(27)13-23-20(24-18-11-15-4-7-16(18)10-15)22-12-14-5-8-17(9-6-14)26(28)29;/h5-6,8-9,15-16,18H,4,7,10-13H2,1-3H3,(H,25,27)(H2,22,23,24);1H. The third-order valence-electron chi connectivity index (χ3n) is 5.56. The second kappa shape index (κ2) is 10.4. The lowest BCUT2D eigenvalue weighted by Crippen LogP contribution is -2.50. The number of non-ortho nitro benzene ring substituents is 1. The van der Waals surface area contributed by atoms with Crippen LogP contribution in [0.3, 0.4) is 0 Å². The number of fused-ring (bicyclic) bond motifs is 2. The van der Waals surface area contributed by atoms with Gasteiger partial charge in [-0.05, 0) is 57.4 Å². The Labute approximate surface area is 194 Å². The van der Waals surface area contributed by atoms with Crippen LogP contribution in [0, 0.1) is 22.0 Å². The molecule has 1 amide bonds. The van der Waals surface area contributed by atoms with Gasteiger partial charge < -0.3 is 16.0 Å². The Balaban J connectivity index is 0.00000320. The Kier molecular flexibility index (Phi) is 8.45. The van der Waals surface area contributed by atoms with Gasteiger partial charge in [-0.25, -0.2) is 4.99 Å². The summed E-state index contributed by atoms with van der Waals surface area (Å²) in [6, 6.07) is 6.78. The first-order valence-electron chi connectivity index (χ1n) is 10.3. The van der Waals surface area contributed by atoms with E-state index in [9.17, 15) is 14.9 Å². The Morgan fingerprint density at radius 2 is 1.90 bits per heavy atom. The molecule has 0 saturated heterocycles. The van der Waals surface area contributed by atoms with Crippen molar-refractivity contribution in [1.29, 1.82) is 0 Å². The molecule has 0 heterocycles. The molecule has 166 valence electrons. The second-order valence-electron chi connectivity index (χ2n) is 9.17. The fraction of sp³-hybridized carbons (Fsp3) is 0.619. The van der Waals surface area contributed by atoms with E-state index in [0.717, 1.165) is 17.9 Å². The van der Waals surface area contributed by atoms with Crippen LogP contribution in [0.15, 0.2) is 29.3 Å². The molecule has 2 saturated carbocycles. The van der Waals surface area contributed by atoms with Gasteiger partial charge in [0.2, 0.25) is 5.91 Å². The predicted molar refractivity (Wildman–Crippen MR) is 128 cm³/mol. The number of guanidine groups is 1. The molecule has 3 atom stereocenters. The summed E-state index contributed by atoms with van der Waals surface area (Å²) in [6.07, 6.45) is 5.00. The molecule has 2 bridgehead atoms. The normalized spacial score (nSPS) is 22.9. The van der Waals surface area contributed by atoms with Crippen LogP contribution in [0.1, 0.15) is 52.0 Å². The van der Waals surface area contributed by atoms with Crippen molar-refractivity contribution in [3.8, 4) is 0 Å². The highest BCUT2D eigenvalue weighted by molar-refractivity contribution is 14.0. The number of aliphatic imine (C=N–C) groups is 1. The van der Waals surface area contributed by atoms with E-state index in [1.807, 2.05) is 20.8 Å². The van der Waals surface area contributed by atoms with Crippen LogP contribution in [0.5, 0.6) is 0 Å². The monoisotopic (exact) mass is 529 g/mol. The highest BCUT2D eigenvalue weighted by Gasteiger charge is 2.39. The number of halogens is 1. The van der Waals surface area contributed by atoms with Crippen LogP contribution in [0.4, 0.5) is 5.69 Å². The van der Waals surface area contributed by atoms with Gasteiger partial charge >= 0.3 is 0 Å². The van der Waals surface area contributed by atoms with Crippen molar-refractivity contribution in [2.45, 2.75) is 64.6 Å². The van der Waals surface area contributed by atoms with Gasteiger partial charge in [0.25, 0.3) is 5.69 Å². The fourth-order valence-corrected chi connectivity index (χ4v) is 4.27. The van der Waals surface area contributed by atoms with Gasteiger partial charge in [-0.1, -0.05) is 18.6 Å². The molecular weight excluding hydrogens is 497 g/mol. The van der Waals surface area contributed by atoms with E-state index in [1.54, 1.807) is 12.1 Å². The number of carbonyl (C=O) groups is 1. The molecular formula is C21H32IN5O3. The summed E-state index contributed by atoms with van der Waals surface area (Å²) in [5.74, 6) is 2.01. The number of hydrogen-bond donors (Lipinski definition) is 3. The average molecular weight is 529 g/mol. The second-order valence-corrected chi connectivity index (χ2v) is 9.17. The van der Waals surface area contributed by atoms with Gasteiger partial charge in [-0.3, -0.25) is 14.9 Å². The number of amides is 1. The lowest BCUT2D eigenvalue weighted by atomic mass is 9.95. The maximum Gasteiger partial charge on any atom is 0.269 e. The largest absolute Gasteiger partial charge is 0.353 e. The van der Waals surface area contributed by atoms with Gasteiger partial charge in [0.1, 0.15) is 0 Å². The third kappa shape index (κ3) is 7.10. The van der Waals surface area contributed by atoms with Crippen LogP contribution in [0.2, 0.25) is 0 Å². The summed E-state index contributed by atoms with van der Waals surface area (Å²) in [4.78, 5) is 27.2. The first-order chi connectivity index (χ1) is 13.7. The summed E-state index contributed by atoms with van der Waals surface area (Å²) in [5.41, 5.74) is 0.658. The average Bonchev–Trinajstić information content (AvgIpc) is 3.26. The molecule has 3 unspecified atom stereocenters. The molecule has 30 heavy (non-hydrogen) atoms. The summed E-state index contributed by atoms with van der Waals surface area (Å²) >= 11 is 0. The molecule has 0 radical (unpaired) electrons. The Hall–Kier alpha value is -1.91. The van der Waals surface area contributed by atoms with E-state index in [-0.39, 0.29) is 47.7 Å². The van der Waals surface area contributed by atoms with E-state index >= 15 is 0 Å². The number of hydrogen-bond acceptors (Lipinski definition) is 4. The minimum Gasteiger partial charge on any atom is -0.353 e. The smallest absolute Gasteiger partial charge is 0.269 e. The van der Waals surface area contributed by atoms with Gasteiger partial charge in [-0.15, -0.1) is 24.0 Å². The molecule has 3 rings (SSSR count). The topological polar surface area (TPSA) is 109 Å². The van der Waals surface area contributed by atoms with Gasteiger partial charge in [0, 0.05) is 23.7 Å². The Bertz CT molecular complexity index is 776. The third-order valence-corrected chi connectivity index (χ3v) is 5.56. The van der Waals surface area contributed by atoms with E-state index in [0.29, 0.717) is 24.5 Å². The fourth-order valence-electron chi connectivity index (χ4n) is 4.27. The number of nitrogens with zero attached hydrogens (tertiary/aromatic N) is 2. The first kappa shape index (κ1) is 24.4. The van der Waals surface area contributed by atoms with Gasteiger partial charge in [-0.2, -0.15) is 0 Å². The van der Waals surface area contributed by atoms with Gasteiger partial charge in [0.15, 0.2) is 5.96 Å². The summed E-state index contributed by atoms with van der Waals surface area (Å²) in [5, 5.41) is 20.4. The number of nitro benzene ring substituents is 1.